The summed E-state index contributed by atoms with van der Waals surface area (Å²) in [7, 11) is 1.79. The van der Waals surface area contributed by atoms with Gasteiger partial charge in [0.25, 0.3) is 0 Å². The maximum atomic E-state index is 13.8. The van der Waals surface area contributed by atoms with Crippen molar-refractivity contribution >= 4 is 23.2 Å². The predicted octanol–water partition coefficient (Wildman–Crippen LogP) is 4.64. The molecule has 0 saturated carbocycles. The van der Waals surface area contributed by atoms with E-state index in [1.165, 1.54) is 18.2 Å². The number of hydrogen-bond acceptors (Lipinski definition) is 1. The fraction of sp³-hybridized carbons (Fsp3) is 0.250. The first kappa shape index (κ1) is 16.2. The highest BCUT2D eigenvalue weighted by atomic mass is 35.5. The third kappa shape index (κ3) is 4.16. The van der Waals surface area contributed by atoms with Gasteiger partial charge in [-0.3, -0.25) is 0 Å². The quantitative estimate of drug-likeness (QED) is 0.842. The smallest absolute Gasteiger partial charge is 0.127 e. The molecule has 0 heterocycles. The molecule has 1 N–H and O–H groups in total. The van der Waals surface area contributed by atoms with Gasteiger partial charge in [-0.1, -0.05) is 35.3 Å². The molecule has 1 atom stereocenters. The van der Waals surface area contributed by atoms with Crippen LogP contribution in [0.4, 0.5) is 8.78 Å². The molecule has 0 amide bonds. The van der Waals surface area contributed by atoms with Gasteiger partial charge >= 0.3 is 0 Å². The summed E-state index contributed by atoms with van der Waals surface area (Å²) < 4.78 is 26.9. The summed E-state index contributed by atoms with van der Waals surface area (Å²) in [5.74, 6) is -0.699. The molecule has 0 bridgehead atoms. The third-order valence-electron chi connectivity index (χ3n) is 3.40. The molecule has 0 saturated heterocycles. The maximum Gasteiger partial charge on any atom is 0.127 e. The topological polar surface area (TPSA) is 12.0 Å². The van der Waals surface area contributed by atoms with Gasteiger partial charge in [-0.05, 0) is 49.7 Å². The number of benzene rings is 2. The van der Waals surface area contributed by atoms with Gasteiger partial charge in [0.15, 0.2) is 0 Å². The Morgan fingerprint density at radius 3 is 2.43 bits per heavy atom. The van der Waals surface area contributed by atoms with Crippen LogP contribution in [0.15, 0.2) is 36.4 Å². The van der Waals surface area contributed by atoms with E-state index < -0.39 is 0 Å². The van der Waals surface area contributed by atoms with E-state index in [4.69, 9.17) is 23.2 Å². The number of hydrogen-bond donors (Lipinski definition) is 1. The van der Waals surface area contributed by atoms with Crippen LogP contribution in [0, 0.1) is 11.6 Å². The number of nitrogens with one attached hydrogen (secondary N) is 1. The monoisotopic (exact) mass is 329 g/mol. The second-order valence-electron chi connectivity index (χ2n) is 4.83. The van der Waals surface area contributed by atoms with E-state index in [1.807, 2.05) is 0 Å². The second kappa shape index (κ2) is 7.21. The fourth-order valence-corrected chi connectivity index (χ4v) is 2.69. The average molecular weight is 330 g/mol. The molecule has 0 radical (unpaired) electrons. The van der Waals surface area contributed by atoms with Crippen molar-refractivity contribution in [2.24, 2.45) is 0 Å². The fourth-order valence-electron chi connectivity index (χ4n) is 2.20. The van der Waals surface area contributed by atoms with E-state index in [9.17, 15) is 8.78 Å². The summed E-state index contributed by atoms with van der Waals surface area (Å²) in [5, 5.41) is 3.89. The Morgan fingerprint density at radius 1 is 1.05 bits per heavy atom. The van der Waals surface area contributed by atoms with Crippen LogP contribution in [0.3, 0.4) is 0 Å². The summed E-state index contributed by atoms with van der Waals surface area (Å²) >= 11 is 12.1. The number of likely N-dealkylation sites (N-methyl/N-ethyl adjacent to an activating group) is 1. The lowest BCUT2D eigenvalue weighted by Crippen LogP contribution is -2.30. The van der Waals surface area contributed by atoms with Gasteiger partial charge in [-0.15, -0.1) is 0 Å². The molecule has 2 rings (SSSR count). The largest absolute Gasteiger partial charge is 0.316 e. The van der Waals surface area contributed by atoms with Crippen molar-refractivity contribution in [3.05, 3.63) is 69.2 Å². The third-order valence-corrected chi connectivity index (χ3v) is 4.11. The first-order valence-corrected chi connectivity index (χ1v) is 7.31. The molecular weight excluding hydrogens is 315 g/mol. The molecule has 0 fully saturated rings. The normalized spacial score (nSPS) is 12.4. The van der Waals surface area contributed by atoms with Crippen molar-refractivity contribution in [1.82, 2.24) is 5.32 Å². The minimum Gasteiger partial charge on any atom is -0.316 e. The zero-order chi connectivity index (χ0) is 15.4. The molecule has 2 aromatic carbocycles. The molecule has 0 aliphatic heterocycles. The summed E-state index contributed by atoms with van der Waals surface area (Å²) in [6.45, 7) is 0. The van der Waals surface area contributed by atoms with Crippen molar-refractivity contribution in [3.63, 3.8) is 0 Å². The molecule has 1 nitrogen and oxygen atoms in total. The van der Waals surface area contributed by atoms with Crippen molar-refractivity contribution in [3.8, 4) is 0 Å². The van der Waals surface area contributed by atoms with E-state index in [0.29, 0.717) is 28.5 Å². The Morgan fingerprint density at radius 2 is 1.81 bits per heavy atom. The van der Waals surface area contributed by atoms with Gasteiger partial charge in [0.2, 0.25) is 0 Å². The lowest BCUT2D eigenvalue weighted by molar-refractivity contribution is 0.532. The molecule has 1 unspecified atom stereocenters. The van der Waals surface area contributed by atoms with Crippen molar-refractivity contribution in [2.45, 2.75) is 18.9 Å². The van der Waals surface area contributed by atoms with Gasteiger partial charge in [0.1, 0.15) is 11.6 Å². The van der Waals surface area contributed by atoms with Crippen molar-refractivity contribution in [1.29, 1.82) is 0 Å². The average Bonchev–Trinajstić information content (AvgIpc) is 2.44. The van der Waals surface area contributed by atoms with E-state index in [0.717, 1.165) is 5.56 Å². The zero-order valence-corrected chi connectivity index (χ0v) is 13.0. The van der Waals surface area contributed by atoms with Crippen LogP contribution in [0.25, 0.3) is 0 Å². The SMILES string of the molecule is CNC(Cc1ccc(F)cc1Cl)Cc1c(F)cccc1Cl. The molecule has 21 heavy (non-hydrogen) atoms. The van der Waals surface area contributed by atoms with Crippen LogP contribution in [0.5, 0.6) is 0 Å². The van der Waals surface area contributed by atoms with Crippen LogP contribution in [0.2, 0.25) is 10.0 Å². The van der Waals surface area contributed by atoms with Crippen LogP contribution >= 0.6 is 23.2 Å². The first-order valence-electron chi connectivity index (χ1n) is 6.55. The minimum atomic E-state index is -0.373. The second-order valence-corrected chi connectivity index (χ2v) is 5.64. The Labute approximate surface area is 132 Å². The zero-order valence-electron chi connectivity index (χ0n) is 11.5. The molecule has 0 aliphatic carbocycles. The summed E-state index contributed by atoms with van der Waals surface area (Å²) in [6.07, 6.45) is 0.982. The van der Waals surface area contributed by atoms with Gasteiger partial charge in [-0.25, -0.2) is 8.78 Å². The summed E-state index contributed by atoms with van der Waals surface area (Å²) in [6, 6.07) is 8.86. The van der Waals surface area contributed by atoms with Crippen molar-refractivity contribution < 1.29 is 8.78 Å². The Bertz CT molecular complexity index is 611. The van der Waals surface area contributed by atoms with Gasteiger partial charge in [-0.2, -0.15) is 0 Å². The highest BCUT2D eigenvalue weighted by Gasteiger charge is 2.15. The Balaban J connectivity index is 2.17. The van der Waals surface area contributed by atoms with Gasteiger partial charge in [0, 0.05) is 21.7 Å². The first-order chi connectivity index (χ1) is 10.0. The van der Waals surface area contributed by atoms with E-state index >= 15 is 0 Å². The summed E-state index contributed by atoms with van der Waals surface area (Å²) in [5.41, 5.74) is 1.28. The standard InChI is InChI=1S/C16H15Cl2F2N/c1-21-12(7-10-5-6-11(19)8-15(10)18)9-13-14(17)3-2-4-16(13)20/h2-6,8,12,21H,7,9H2,1H3. The van der Waals surface area contributed by atoms with E-state index in [2.05, 4.69) is 5.32 Å². The van der Waals surface area contributed by atoms with Gasteiger partial charge in [0.05, 0.1) is 0 Å². The van der Waals surface area contributed by atoms with Crippen LogP contribution in [-0.4, -0.2) is 13.1 Å². The Kier molecular flexibility index (Phi) is 5.57. The minimum absolute atomic E-state index is 0.0534. The highest BCUT2D eigenvalue weighted by Crippen LogP contribution is 2.23. The molecule has 0 aliphatic rings. The summed E-state index contributed by atoms with van der Waals surface area (Å²) in [4.78, 5) is 0. The van der Waals surface area contributed by atoms with E-state index in [-0.39, 0.29) is 17.7 Å². The highest BCUT2D eigenvalue weighted by molar-refractivity contribution is 6.31. The van der Waals surface area contributed by atoms with Crippen LogP contribution < -0.4 is 5.32 Å². The molecule has 5 heteroatoms. The van der Waals surface area contributed by atoms with Crippen molar-refractivity contribution in [2.75, 3.05) is 7.05 Å². The lowest BCUT2D eigenvalue weighted by Gasteiger charge is -2.18. The van der Waals surface area contributed by atoms with Crippen LogP contribution in [-0.2, 0) is 12.8 Å². The predicted molar refractivity (Wildman–Crippen MR) is 83.1 cm³/mol. The van der Waals surface area contributed by atoms with Gasteiger partial charge < -0.3 is 5.32 Å². The van der Waals surface area contributed by atoms with Crippen LogP contribution in [0.1, 0.15) is 11.1 Å². The molecular formula is C16H15Cl2F2N. The lowest BCUT2D eigenvalue weighted by atomic mass is 9.98. The molecule has 0 aromatic heterocycles. The molecule has 112 valence electrons. The van der Waals surface area contributed by atoms with E-state index in [1.54, 1.807) is 25.2 Å². The number of rotatable bonds is 5. The molecule has 2 aromatic rings. The number of halogens is 4. The maximum absolute atomic E-state index is 13.8. The molecule has 0 spiro atoms. The Hall–Kier alpha value is -1.16.